The maximum absolute atomic E-state index is 13.2. The van der Waals surface area contributed by atoms with Crippen LogP contribution < -0.4 is 0 Å². The zero-order chi connectivity index (χ0) is 19.7. The van der Waals surface area contributed by atoms with E-state index in [1.165, 1.54) is 0 Å². The van der Waals surface area contributed by atoms with E-state index in [0.29, 0.717) is 31.7 Å². The van der Waals surface area contributed by atoms with Crippen molar-refractivity contribution in [2.75, 3.05) is 26.3 Å². The SMILES string of the molecule is Cc1ccc(S(=O)(=O)c2cn(CC(=O)N3CCOCC3)c3ccccc23)cc1. The Kier molecular flexibility index (Phi) is 4.95. The summed E-state index contributed by atoms with van der Waals surface area (Å²) >= 11 is 0. The number of carbonyl (C=O) groups excluding carboxylic acids is 1. The molecule has 0 atom stereocenters. The van der Waals surface area contributed by atoms with Crippen molar-refractivity contribution in [2.45, 2.75) is 23.3 Å². The minimum Gasteiger partial charge on any atom is -0.378 e. The molecule has 0 unspecified atom stereocenters. The lowest BCUT2D eigenvalue weighted by Crippen LogP contribution is -2.42. The van der Waals surface area contributed by atoms with Crippen LogP contribution in [0.1, 0.15) is 5.56 Å². The van der Waals surface area contributed by atoms with Gasteiger partial charge in [-0.3, -0.25) is 4.79 Å². The minimum absolute atomic E-state index is 0.0386. The Hall–Kier alpha value is -2.64. The van der Waals surface area contributed by atoms with E-state index in [1.807, 2.05) is 25.1 Å². The molecule has 146 valence electrons. The average Bonchev–Trinajstić information content (AvgIpc) is 3.08. The molecule has 0 saturated carbocycles. The minimum atomic E-state index is -3.69. The first-order valence-electron chi connectivity index (χ1n) is 9.22. The first-order chi connectivity index (χ1) is 13.5. The molecule has 1 saturated heterocycles. The van der Waals surface area contributed by atoms with Gasteiger partial charge in [0.2, 0.25) is 15.7 Å². The van der Waals surface area contributed by atoms with E-state index in [2.05, 4.69) is 0 Å². The number of carbonyl (C=O) groups is 1. The van der Waals surface area contributed by atoms with Crippen molar-refractivity contribution < 1.29 is 17.9 Å². The van der Waals surface area contributed by atoms with E-state index in [0.717, 1.165) is 11.1 Å². The highest BCUT2D eigenvalue weighted by Crippen LogP contribution is 2.30. The largest absolute Gasteiger partial charge is 0.378 e. The lowest BCUT2D eigenvalue weighted by molar-refractivity contribution is -0.135. The van der Waals surface area contributed by atoms with Gasteiger partial charge in [0.05, 0.1) is 23.0 Å². The van der Waals surface area contributed by atoms with Gasteiger partial charge in [-0.05, 0) is 25.1 Å². The zero-order valence-electron chi connectivity index (χ0n) is 15.7. The number of sulfone groups is 1. The molecule has 3 aromatic rings. The molecule has 28 heavy (non-hydrogen) atoms. The van der Waals surface area contributed by atoms with Gasteiger partial charge in [-0.25, -0.2) is 8.42 Å². The van der Waals surface area contributed by atoms with Gasteiger partial charge in [-0.2, -0.15) is 0 Å². The maximum atomic E-state index is 13.2. The smallest absolute Gasteiger partial charge is 0.242 e. The molecule has 2 aromatic carbocycles. The van der Waals surface area contributed by atoms with Crippen LogP contribution in [0.4, 0.5) is 0 Å². The third-order valence-electron chi connectivity index (χ3n) is 5.04. The molecule has 0 N–H and O–H groups in total. The van der Waals surface area contributed by atoms with Gasteiger partial charge in [0.25, 0.3) is 0 Å². The maximum Gasteiger partial charge on any atom is 0.242 e. The van der Waals surface area contributed by atoms with Crippen molar-refractivity contribution >= 4 is 26.6 Å². The van der Waals surface area contributed by atoms with Gasteiger partial charge < -0.3 is 14.2 Å². The normalized spacial score (nSPS) is 15.1. The van der Waals surface area contributed by atoms with Gasteiger partial charge in [-0.1, -0.05) is 35.9 Å². The first-order valence-corrected chi connectivity index (χ1v) is 10.7. The standard InChI is InChI=1S/C21H22N2O4S/c1-16-6-8-17(9-7-16)28(25,26)20-14-23(19-5-3-2-4-18(19)20)15-21(24)22-10-12-27-13-11-22/h2-9,14H,10-13,15H2,1H3. The molecule has 1 fully saturated rings. The van der Waals surface area contributed by atoms with Crippen LogP contribution >= 0.6 is 0 Å². The fourth-order valence-electron chi connectivity index (χ4n) is 3.46. The predicted molar refractivity (Wildman–Crippen MR) is 106 cm³/mol. The molecule has 2 heterocycles. The van der Waals surface area contributed by atoms with Gasteiger partial charge in [0.1, 0.15) is 6.54 Å². The molecule has 4 rings (SSSR count). The highest BCUT2D eigenvalue weighted by molar-refractivity contribution is 7.91. The molecule has 0 spiro atoms. The molecule has 1 aliphatic rings. The number of para-hydroxylation sites is 1. The Morgan fingerprint density at radius 3 is 2.43 bits per heavy atom. The van der Waals surface area contributed by atoms with Crippen molar-refractivity contribution in [3.8, 4) is 0 Å². The van der Waals surface area contributed by atoms with Crippen LogP contribution in [-0.4, -0.2) is 50.1 Å². The lowest BCUT2D eigenvalue weighted by Gasteiger charge is -2.27. The number of benzene rings is 2. The van der Waals surface area contributed by atoms with E-state index in [4.69, 9.17) is 4.74 Å². The van der Waals surface area contributed by atoms with Crippen molar-refractivity contribution in [1.82, 2.24) is 9.47 Å². The van der Waals surface area contributed by atoms with Crippen LogP contribution in [-0.2, 0) is 25.9 Å². The molecule has 1 amide bonds. The molecular formula is C21H22N2O4S. The lowest BCUT2D eigenvalue weighted by atomic mass is 10.2. The molecule has 1 aromatic heterocycles. The van der Waals surface area contributed by atoms with Crippen LogP contribution in [0.3, 0.4) is 0 Å². The Labute approximate surface area is 164 Å². The zero-order valence-corrected chi connectivity index (χ0v) is 16.5. The quantitative estimate of drug-likeness (QED) is 0.678. The number of aromatic nitrogens is 1. The number of nitrogens with zero attached hydrogens (tertiary/aromatic N) is 2. The van der Waals surface area contributed by atoms with Crippen LogP contribution in [0.2, 0.25) is 0 Å². The molecule has 0 aliphatic carbocycles. The summed E-state index contributed by atoms with van der Waals surface area (Å²) in [5.74, 6) is -0.0386. The first kappa shape index (κ1) is 18.7. The number of morpholine rings is 1. The second kappa shape index (κ2) is 7.41. The molecular weight excluding hydrogens is 376 g/mol. The molecule has 0 radical (unpaired) electrons. The molecule has 0 bridgehead atoms. The Morgan fingerprint density at radius 2 is 1.71 bits per heavy atom. The Balaban J connectivity index is 1.74. The van der Waals surface area contributed by atoms with Crippen LogP contribution in [0.15, 0.2) is 64.5 Å². The van der Waals surface area contributed by atoms with Gasteiger partial charge in [-0.15, -0.1) is 0 Å². The van der Waals surface area contributed by atoms with Gasteiger partial charge in [0, 0.05) is 30.2 Å². The fraction of sp³-hybridized carbons (Fsp3) is 0.286. The fourth-order valence-corrected chi connectivity index (χ4v) is 4.94. The monoisotopic (exact) mass is 398 g/mol. The Morgan fingerprint density at radius 1 is 1.04 bits per heavy atom. The summed E-state index contributed by atoms with van der Waals surface area (Å²) in [5.41, 5.74) is 1.73. The summed E-state index contributed by atoms with van der Waals surface area (Å²) in [6.45, 7) is 4.21. The number of amides is 1. The van der Waals surface area contributed by atoms with E-state index in [1.54, 1.807) is 46.0 Å². The van der Waals surface area contributed by atoms with Gasteiger partial charge in [0.15, 0.2) is 0 Å². The Bertz CT molecular complexity index is 1110. The predicted octanol–water partition coefficient (Wildman–Crippen LogP) is 2.64. The van der Waals surface area contributed by atoms with Crippen molar-refractivity contribution in [3.63, 3.8) is 0 Å². The van der Waals surface area contributed by atoms with Crippen LogP contribution in [0, 0.1) is 6.92 Å². The van der Waals surface area contributed by atoms with E-state index in [9.17, 15) is 13.2 Å². The third kappa shape index (κ3) is 3.43. The van der Waals surface area contributed by atoms with E-state index >= 15 is 0 Å². The number of hydrogen-bond acceptors (Lipinski definition) is 4. The summed E-state index contributed by atoms with van der Waals surface area (Å²) in [7, 11) is -3.69. The summed E-state index contributed by atoms with van der Waals surface area (Å²) in [4.78, 5) is 14.9. The van der Waals surface area contributed by atoms with Crippen molar-refractivity contribution in [3.05, 3.63) is 60.3 Å². The highest BCUT2D eigenvalue weighted by atomic mass is 32.2. The third-order valence-corrected chi connectivity index (χ3v) is 6.84. The van der Waals surface area contributed by atoms with E-state index in [-0.39, 0.29) is 22.2 Å². The summed E-state index contributed by atoms with van der Waals surface area (Å²) in [5, 5.41) is 0.623. The average molecular weight is 398 g/mol. The summed E-state index contributed by atoms with van der Waals surface area (Å²) < 4.78 is 33.5. The summed E-state index contributed by atoms with van der Waals surface area (Å²) in [6, 6.07) is 14.1. The van der Waals surface area contributed by atoms with Crippen LogP contribution in [0.5, 0.6) is 0 Å². The van der Waals surface area contributed by atoms with E-state index < -0.39 is 9.84 Å². The number of aryl methyl sites for hydroxylation is 1. The molecule has 1 aliphatic heterocycles. The van der Waals surface area contributed by atoms with Crippen LogP contribution in [0.25, 0.3) is 10.9 Å². The molecule has 7 heteroatoms. The topological polar surface area (TPSA) is 68.6 Å². The highest BCUT2D eigenvalue weighted by Gasteiger charge is 2.25. The number of fused-ring (bicyclic) bond motifs is 1. The second-order valence-corrected chi connectivity index (χ2v) is 8.87. The van der Waals surface area contributed by atoms with Crippen molar-refractivity contribution in [2.24, 2.45) is 0 Å². The second-order valence-electron chi connectivity index (χ2n) is 6.95. The number of hydrogen-bond donors (Lipinski definition) is 0. The number of ether oxygens (including phenoxy) is 1. The summed E-state index contributed by atoms with van der Waals surface area (Å²) in [6.07, 6.45) is 1.58. The van der Waals surface area contributed by atoms with Gasteiger partial charge >= 0.3 is 0 Å². The number of rotatable bonds is 4. The van der Waals surface area contributed by atoms with Crippen molar-refractivity contribution in [1.29, 1.82) is 0 Å². The molecule has 6 nitrogen and oxygen atoms in total.